The Labute approximate surface area is 169 Å². The van der Waals surface area contributed by atoms with Crippen molar-refractivity contribution < 1.29 is 19.8 Å². The molecule has 0 fully saturated rings. The molecular weight excluding hydrogens is 434 g/mol. The van der Waals surface area contributed by atoms with E-state index in [1.807, 2.05) is 0 Å². The van der Waals surface area contributed by atoms with Gasteiger partial charge in [0.1, 0.15) is 5.75 Å². The Kier molecular flexibility index (Phi) is 5.31. The number of aromatic hydroxyl groups is 1. The highest BCUT2D eigenvalue weighted by atomic mass is 79.9. The van der Waals surface area contributed by atoms with Crippen molar-refractivity contribution in [2.75, 3.05) is 0 Å². The van der Waals surface area contributed by atoms with Gasteiger partial charge in [-0.2, -0.15) is 0 Å². The van der Waals surface area contributed by atoms with Gasteiger partial charge in [0.25, 0.3) is 5.91 Å². The highest BCUT2D eigenvalue weighted by molar-refractivity contribution is 9.10. The highest BCUT2D eigenvalue weighted by Gasteiger charge is 2.29. The fourth-order valence-corrected chi connectivity index (χ4v) is 3.80. The Morgan fingerprint density at radius 1 is 1.22 bits per heavy atom. The maximum Gasteiger partial charge on any atom is 0.311 e. The van der Waals surface area contributed by atoms with Crippen molar-refractivity contribution in [1.82, 2.24) is 4.57 Å². The lowest BCUT2D eigenvalue weighted by atomic mass is 9.94. The van der Waals surface area contributed by atoms with Crippen LogP contribution in [0.2, 0.25) is 5.02 Å². The van der Waals surface area contributed by atoms with Crippen molar-refractivity contribution in [3.05, 3.63) is 62.7 Å². The third-order valence-electron chi connectivity index (χ3n) is 4.67. The SMILES string of the molecule is CCC(C(=O)O)c1c(C)n(C(=O)c2ccc(Br)cc2)c2cc(Cl)c(O)cc12. The standard InChI is InChI=1S/C20H17BrClNO4/c1-3-13(20(26)27)18-10(2)23(16-9-15(22)17(24)8-14(16)18)19(25)11-4-6-12(21)7-5-11/h4-9,13,24H,3H2,1-2H3,(H,26,27). The van der Waals surface area contributed by atoms with Crippen molar-refractivity contribution >= 4 is 50.3 Å². The van der Waals surface area contributed by atoms with Crippen molar-refractivity contribution in [2.24, 2.45) is 0 Å². The normalized spacial score (nSPS) is 12.3. The van der Waals surface area contributed by atoms with Crippen LogP contribution in [0, 0.1) is 6.92 Å². The molecule has 1 unspecified atom stereocenters. The Balaban J connectivity index is 2.34. The van der Waals surface area contributed by atoms with Crippen LogP contribution in [-0.4, -0.2) is 26.7 Å². The number of halogens is 2. The average molecular weight is 451 g/mol. The van der Waals surface area contributed by atoms with E-state index in [0.29, 0.717) is 34.1 Å². The molecular formula is C20H17BrClNO4. The van der Waals surface area contributed by atoms with E-state index in [9.17, 15) is 19.8 Å². The first-order valence-corrected chi connectivity index (χ1v) is 9.49. The number of nitrogens with zero attached hydrogens (tertiary/aromatic N) is 1. The van der Waals surface area contributed by atoms with Crippen LogP contribution < -0.4 is 0 Å². The number of phenols is 1. The number of carbonyl (C=O) groups excluding carboxylic acids is 1. The summed E-state index contributed by atoms with van der Waals surface area (Å²) >= 11 is 9.41. The predicted octanol–water partition coefficient (Wildman–Crippen LogP) is 5.34. The number of aliphatic carboxylic acids is 1. The van der Waals surface area contributed by atoms with Crippen LogP contribution >= 0.6 is 27.5 Å². The van der Waals surface area contributed by atoms with Crippen LogP contribution in [-0.2, 0) is 4.79 Å². The minimum absolute atomic E-state index is 0.0970. The van der Waals surface area contributed by atoms with Crippen molar-refractivity contribution in [2.45, 2.75) is 26.2 Å². The second kappa shape index (κ2) is 7.37. The lowest BCUT2D eigenvalue weighted by Crippen LogP contribution is -2.16. The minimum atomic E-state index is -0.981. The molecule has 0 bridgehead atoms. The molecule has 7 heteroatoms. The number of phenolic OH excluding ortho intramolecular Hbond substituents is 1. The van der Waals surface area contributed by atoms with Crippen molar-refractivity contribution in [3.8, 4) is 5.75 Å². The quantitative estimate of drug-likeness (QED) is 0.562. The van der Waals surface area contributed by atoms with Gasteiger partial charge in [-0.05, 0) is 55.3 Å². The van der Waals surface area contributed by atoms with Gasteiger partial charge in [0, 0.05) is 21.1 Å². The summed E-state index contributed by atoms with van der Waals surface area (Å²) in [6.07, 6.45) is 0.352. The number of carbonyl (C=O) groups is 2. The first kappa shape index (κ1) is 19.5. The summed E-state index contributed by atoms with van der Waals surface area (Å²) in [5.41, 5.74) is 1.96. The zero-order valence-electron chi connectivity index (χ0n) is 14.7. The largest absolute Gasteiger partial charge is 0.506 e. The molecule has 1 aromatic heterocycles. The van der Waals surface area contributed by atoms with Gasteiger partial charge in [-0.1, -0.05) is 34.5 Å². The lowest BCUT2D eigenvalue weighted by molar-refractivity contribution is -0.138. The van der Waals surface area contributed by atoms with E-state index >= 15 is 0 Å². The Morgan fingerprint density at radius 2 is 1.85 bits per heavy atom. The van der Waals surface area contributed by atoms with Crippen LogP contribution in [0.1, 0.15) is 40.9 Å². The molecule has 2 N–H and O–H groups in total. The minimum Gasteiger partial charge on any atom is -0.506 e. The topological polar surface area (TPSA) is 79.5 Å². The molecule has 0 radical (unpaired) electrons. The number of rotatable bonds is 4. The molecule has 3 rings (SSSR count). The molecule has 140 valence electrons. The van der Waals surface area contributed by atoms with Crippen LogP contribution in [0.25, 0.3) is 10.9 Å². The molecule has 0 saturated carbocycles. The average Bonchev–Trinajstić information content (AvgIpc) is 2.88. The van der Waals surface area contributed by atoms with Gasteiger partial charge in [-0.25, -0.2) is 0 Å². The summed E-state index contributed by atoms with van der Waals surface area (Å²) in [5.74, 6) is -2.23. The molecule has 1 heterocycles. The van der Waals surface area contributed by atoms with Crippen LogP contribution in [0.15, 0.2) is 40.9 Å². The Morgan fingerprint density at radius 3 is 2.41 bits per heavy atom. The van der Waals surface area contributed by atoms with E-state index in [4.69, 9.17) is 11.6 Å². The molecule has 2 aromatic carbocycles. The van der Waals surface area contributed by atoms with Crippen LogP contribution in [0.5, 0.6) is 5.75 Å². The highest BCUT2D eigenvalue weighted by Crippen LogP contribution is 2.38. The maximum atomic E-state index is 13.2. The number of aromatic nitrogens is 1. The molecule has 0 amide bonds. The van der Waals surface area contributed by atoms with E-state index in [0.717, 1.165) is 4.47 Å². The number of benzene rings is 2. The molecule has 27 heavy (non-hydrogen) atoms. The molecule has 3 aromatic rings. The zero-order valence-corrected chi connectivity index (χ0v) is 17.0. The number of hydrogen-bond donors (Lipinski definition) is 2. The van der Waals surface area contributed by atoms with E-state index in [-0.39, 0.29) is 16.7 Å². The summed E-state index contributed by atoms with van der Waals surface area (Å²) in [6, 6.07) is 9.83. The van der Waals surface area contributed by atoms with Gasteiger partial charge in [0.15, 0.2) is 0 Å². The summed E-state index contributed by atoms with van der Waals surface area (Å²) in [7, 11) is 0. The first-order chi connectivity index (χ1) is 12.8. The van der Waals surface area contributed by atoms with E-state index in [1.165, 1.54) is 16.7 Å². The van der Waals surface area contributed by atoms with Gasteiger partial charge < -0.3 is 10.2 Å². The van der Waals surface area contributed by atoms with Gasteiger partial charge in [0.05, 0.1) is 16.5 Å². The van der Waals surface area contributed by atoms with Crippen molar-refractivity contribution in [3.63, 3.8) is 0 Å². The maximum absolute atomic E-state index is 13.2. The van der Waals surface area contributed by atoms with Gasteiger partial charge in [-0.15, -0.1) is 0 Å². The second-order valence-electron chi connectivity index (χ2n) is 6.27. The van der Waals surface area contributed by atoms with E-state index < -0.39 is 11.9 Å². The zero-order chi connectivity index (χ0) is 19.9. The van der Waals surface area contributed by atoms with Crippen LogP contribution in [0.4, 0.5) is 0 Å². The Bertz CT molecular complexity index is 1060. The number of hydrogen-bond acceptors (Lipinski definition) is 3. The predicted molar refractivity (Wildman–Crippen MR) is 108 cm³/mol. The summed E-state index contributed by atoms with van der Waals surface area (Å²) in [6.45, 7) is 3.48. The first-order valence-electron chi connectivity index (χ1n) is 8.32. The number of carboxylic acid groups (broad SMARTS) is 1. The van der Waals surface area contributed by atoms with Gasteiger partial charge in [0.2, 0.25) is 0 Å². The summed E-state index contributed by atoms with van der Waals surface area (Å²) in [4.78, 5) is 25.0. The molecule has 0 aliphatic carbocycles. The molecule has 1 atom stereocenters. The fraction of sp³-hybridized carbons (Fsp3) is 0.200. The molecule has 0 spiro atoms. The molecule has 0 aliphatic heterocycles. The molecule has 5 nitrogen and oxygen atoms in total. The number of carboxylic acids is 1. The second-order valence-corrected chi connectivity index (χ2v) is 7.59. The fourth-order valence-electron chi connectivity index (χ4n) is 3.37. The van der Waals surface area contributed by atoms with Crippen molar-refractivity contribution in [1.29, 1.82) is 0 Å². The van der Waals surface area contributed by atoms with Gasteiger partial charge in [-0.3, -0.25) is 14.2 Å². The third kappa shape index (κ3) is 3.35. The van der Waals surface area contributed by atoms with Gasteiger partial charge >= 0.3 is 5.97 Å². The number of fused-ring (bicyclic) bond motifs is 1. The van der Waals surface area contributed by atoms with E-state index in [2.05, 4.69) is 15.9 Å². The van der Waals surface area contributed by atoms with E-state index in [1.54, 1.807) is 38.1 Å². The summed E-state index contributed by atoms with van der Waals surface area (Å²) < 4.78 is 2.31. The molecule has 0 aliphatic rings. The molecule has 0 saturated heterocycles. The Hall–Kier alpha value is -2.31. The third-order valence-corrected chi connectivity index (χ3v) is 5.50. The smallest absolute Gasteiger partial charge is 0.311 e. The lowest BCUT2D eigenvalue weighted by Gasteiger charge is -2.12. The summed E-state index contributed by atoms with van der Waals surface area (Å²) in [5, 5.41) is 20.3. The monoisotopic (exact) mass is 449 g/mol. The van der Waals surface area contributed by atoms with Crippen LogP contribution in [0.3, 0.4) is 0 Å².